The highest BCUT2D eigenvalue weighted by Crippen LogP contribution is 2.34. The smallest absolute Gasteiger partial charge is 0.125 e. The van der Waals surface area contributed by atoms with E-state index in [2.05, 4.69) is 58.9 Å². The Labute approximate surface area is 134 Å². The third kappa shape index (κ3) is 3.89. The Bertz CT molecular complexity index is 603. The van der Waals surface area contributed by atoms with Crippen molar-refractivity contribution in [2.75, 3.05) is 0 Å². The van der Waals surface area contributed by atoms with Crippen LogP contribution in [0.15, 0.2) is 42.5 Å². The maximum Gasteiger partial charge on any atom is 0.125 e. The first-order valence-electron chi connectivity index (χ1n) is 7.82. The molecule has 118 valence electrons. The van der Waals surface area contributed by atoms with Crippen LogP contribution in [0.1, 0.15) is 49.1 Å². The van der Waals surface area contributed by atoms with Crippen molar-refractivity contribution in [1.82, 2.24) is 0 Å². The molecule has 0 amide bonds. The molecule has 2 N–H and O–H groups in total. The molecule has 0 saturated heterocycles. The van der Waals surface area contributed by atoms with Gasteiger partial charge in [-0.3, -0.25) is 0 Å². The van der Waals surface area contributed by atoms with Gasteiger partial charge in [-0.25, -0.2) is 0 Å². The van der Waals surface area contributed by atoms with Gasteiger partial charge in [0.05, 0.1) is 0 Å². The van der Waals surface area contributed by atoms with E-state index in [-0.39, 0.29) is 11.5 Å². The summed E-state index contributed by atoms with van der Waals surface area (Å²) in [7, 11) is 0. The molecule has 0 fully saturated rings. The van der Waals surface area contributed by atoms with Crippen molar-refractivity contribution in [3.8, 4) is 5.75 Å². The van der Waals surface area contributed by atoms with Crippen LogP contribution < -0.4 is 10.5 Å². The molecule has 0 aliphatic heterocycles. The van der Waals surface area contributed by atoms with Gasteiger partial charge in [0.15, 0.2) is 0 Å². The lowest BCUT2D eigenvalue weighted by Gasteiger charge is -2.28. The topological polar surface area (TPSA) is 35.2 Å². The molecule has 0 aliphatic carbocycles. The van der Waals surface area contributed by atoms with E-state index in [0.717, 1.165) is 16.9 Å². The Morgan fingerprint density at radius 1 is 1.00 bits per heavy atom. The summed E-state index contributed by atoms with van der Waals surface area (Å²) in [5.74, 6) is 0.966. The van der Waals surface area contributed by atoms with Crippen LogP contribution in [0.25, 0.3) is 0 Å². The summed E-state index contributed by atoms with van der Waals surface area (Å²) in [5.41, 5.74) is 11.1. The van der Waals surface area contributed by atoms with Crippen molar-refractivity contribution in [3.63, 3.8) is 0 Å². The van der Waals surface area contributed by atoms with Crippen LogP contribution in [0, 0.1) is 19.3 Å². The first kappa shape index (κ1) is 16.6. The molecular weight excluding hydrogens is 270 g/mol. The van der Waals surface area contributed by atoms with E-state index in [1.807, 2.05) is 18.2 Å². The van der Waals surface area contributed by atoms with Crippen LogP contribution in [-0.4, -0.2) is 0 Å². The molecular formula is C20H27NO. The molecule has 22 heavy (non-hydrogen) atoms. The van der Waals surface area contributed by atoms with E-state index < -0.39 is 0 Å². The number of hydrogen-bond acceptors (Lipinski definition) is 2. The monoisotopic (exact) mass is 297 g/mol. The van der Waals surface area contributed by atoms with Crippen molar-refractivity contribution in [2.45, 2.75) is 47.3 Å². The summed E-state index contributed by atoms with van der Waals surface area (Å²) < 4.78 is 6.03. The second kappa shape index (κ2) is 6.53. The fourth-order valence-corrected chi connectivity index (χ4v) is 2.62. The highest BCUT2D eigenvalue weighted by atomic mass is 16.5. The summed E-state index contributed by atoms with van der Waals surface area (Å²) in [5, 5.41) is 0. The van der Waals surface area contributed by atoms with Crippen LogP contribution in [0.3, 0.4) is 0 Å². The molecule has 2 heteroatoms. The predicted molar refractivity (Wildman–Crippen MR) is 93.1 cm³/mol. The Hall–Kier alpha value is -1.80. The summed E-state index contributed by atoms with van der Waals surface area (Å²) in [4.78, 5) is 0. The summed E-state index contributed by atoms with van der Waals surface area (Å²) in [6.07, 6.45) is 0. The largest absolute Gasteiger partial charge is 0.488 e. The van der Waals surface area contributed by atoms with Gasteiger partial charge in [-0.2, -0.15) is 0 Å². The maximum atomic E-state index is 6.38. The second-order valence-electron chi connectivity index (χ2n) is 7.10. The molecule has 0 unspecified atom stereocenters. The minimum Gasteiger partial charge on any atom is -0.488 e. The molecule has 1 atom stereocenters. The summed E-state index contributed by atoms with van der Waals surface area (Å²) in [6, 6.07) is 14.6. The van der Waals surface area contributed by atoms with Gasteiger partial charge in [-0.1, -0.05) is 63.2 Å². The van der Waals surface area contributed by atoms with E-state index in [9.17, 15) is 0 Å². The zero-order valence-corrected chi connectivity index (χ0v) is 14.3. The SMILES string of the molecule is Cc1cc([C@@H](N)C(C)(C)C)cc(C)c1OCc1ccccc1. The first-order chi connectivity index (χ1) is 10.3. The van der Waals surface area contributed by atoms with Gasteiger partial charge in [-0.15, -0.1) is 0 Å². The van der Waals surface area contributed by atoms with Crippen molar-refractivity contribution in [1.29, 1.82) is 0 Å². The van der Waals surface area contributed by atoms with Crippen LogP contribution in [0.5, 0.6) is 5.75 Å². The van der Waals surface area contributed by atoms with E-state index >= 15 is 0 Å². The second-order valence-corrected chi connectivity index (χ2v) is 7.10. The molecule has 0 saturated carbocycles. The lowest BCUT2D eigenvalue weighted by atomic mass is 9.82. The Morgan fingerprint density at radius 3 is 2.05 bits per heavy atom. The zero-order chi connectivity index (χ0) is 16.3. The quantitative estimate of drug-likeness (QED) is 0.868. The van der Waals surface area contributed by atoms with Crippen LogP contribution in [0.4, 0.5) is 0 Å². The number of aryl methyl sites for hydroxylation is 2. The Kier molecular flexibility index (Phi) is 4.92. The molecule has 0 aromatic heterocycles. The lowest BCUT2D eigenvalue weighted by Crippen LogP contribution is -2.26. The fourth-order valence-electron chi connectivity index (χ4n) is 2.62. The highest BCUT2D eigenvalue weighted by molar-refractivity contribution is 5.44. The first-order valence-corrected chi connectivity index (χ1v) is 7.82. The van der Waals surface area contributed by atoms with Gasteiger partial charge in [0.1, 0.15) is 12.4 Å². The molecule has 2 aromatic rings. The standard InChI is InChI=1S/C20H27NO/c1-14-11-17(19(21)20(3,4)5)12-15(2)18(14)22-13-16-9-7-6-8-10-16/h6-12,19H,13,21H2,1-5H3/t19-/m1/s1. The van der Waals surface area contributed by atoms with Crippen LogP contribution in [-0.2, 0) is 6.61 Å². The van der Waals surface area contributed by atoms with E-state index in [1.165, 1.54) is 11.1 Å². The van der Waals surface area contributed by atoms with E-state index in [1.54, 1.807) is 0 Å². The molecule has 0 aliphatic rings. The van der Waals surface area contributed by atoms with Crippen molar-refractivity contribution < 1.29 is 4.74 Å². The molecule has 0 spiro atoms. The number of benzene rings is 2. The number of ether oxygens (including phenoxy) is 1. The van der Waals surface area contributed by atoms with Crippen molar-refractivity contribution in [2.24, 2.45) is 11.1 Å². The van der Waals surface area contributed by atoms with E-state index in [4.69, 9.17) is 10.5 Å². The third-order valence-corrected chi connectivity index (χ3v) is 4.00. The van der Waals surface area contributed by atoms with Gasteiger partial charge in [0.25, 0.3) is 0 Å². The third-order valence-electron chi connectivity index (χ3n) is 4.00. The predicted octanol–water partition coefficient (Wildman–Crippen LogP) is 4.93. The lowest BCUT2D eigenvalue weighted by molar-refractivity contribution is 0.300. The zero-order valence-electron chi connectivity index (χ0n) is 14.3. The fraction of sp³-hybridized carbons (Fsp3) is 0.400. The number of hydrogen-bond donors (Lipinski definition) is 1. The summed E-state index contributed by atoms with van der Waals surface area (Å²) in [6.45, 7) is 11.3. The van der Waals surface area contributed by atoms with E-state index in [0.29, 0.717) is 6.61 Å². The molecule has 2 aromatic carbocycles. The highest BCUT2D eigenvalue weighted by Gasteiger charge is 2.23. The van der Waals surface area contributed by atoms with Gasteiger partial charge < -0.3 is 10.5 Å². The Balaban J connectivity index is 2.20. The van der Waals surface area contributed by atoms with Crippen molar-refractivity contribution in [3.05, 3.63) is 64.7 Å². The molecule has 2 nitrogen and oxygen atoms in total. The van der Waals surface area contributed by atoms with Gasteiger partial charge in [0.2, 0.25) is 0 Å². The average Bonchev–Trinajstić information content (AvgIpc) is 2.45. The minimum absolute atomic E-state index is 0.0214. The minimum atomic E-state index is 0.0214. The number of nitrogens with two attached hydrogens (primary N) is 1. The summed E-state index contributed by atoms with van der Waals surface area (Å²) >= 11 is 0. The molecule has 0 heterocycles. The Morgan fingerprint density at radius 2 is 1.55 bits per heavy atom. The average molecular weight is 297 g/mol. The molecule has 2 rings (SSSR count). The maximum absolute atomic E-state index is 6.38. The van der Waals surface area contributed by atoms with Crippen LogP contribution >= 0.6 is 0 Å². The van der Waals surface area contributed by atoms with Gasteiger partial charge >= 0.3 is 0 Å². The van der Waals surface area contributed by atoms with Crippen molar-refractivity contribution >= 4 is 0 Å². The molecule has 0 bridgehead atoms. The number of rotatable bonds is 4. The normalized spacial score (nSPS) is 13.0. The van der Waals surface area contributed by atoms with Gasteiger partial charge in [-0.05, 0) is 41.5 Å². The molecule has 0 radical (unpaired) electrons. The van der Waals surface area contributed by atoms with Gasteiger partial charge in [0, 0.05) is 6.04 Å². The van der Waals surface area contributed by atoms with Crippen LogP contribution in [0.2, 0.25) is 0 Å².